The zero-order valence-electron chi connectivity index (χ0n) is 14.6. The minimum absolute atomic E-state index is 0.208. The van der Waals surface area contributed by atoms with E-state index in [-0.39, 0.29) is 5.91 Å². The van der Waals surface area contributed by atoms with Crippen LogP contribution < -0.4 is 10.6 Å². The van der Waals surface area contributed by atoms with Gasteiger partial charge in [0.15, 0.2) is 0 Å². The molecular formula is C18H24N4O2. The monoisotopic (exact) mass is 328 g/mol. The summed E-state index contributed by atoms with van der Waals surface area (Å²) in [5.74, 6) is 0.214. The summed E-state index contributed by atoms with van der Waals surface area (Å²) in [4.78, 5) is 20.9. The summed E-state index contributed by atoms with van der Waals surface area (Å²) >= 11 is 0. The van der Waals surface area contributed by atoms with Gasteiger partial charge in [0.05, 0.1) is 0 Å². The molecule has 128 valence electrons. The fourth-order valence-corrected chi connectivity index (χ4v) is 2.26. The number of rotatable bonds is 7. The Morgan fingerprint density at radius 3 is 2.75 bits per heavy atom. The lowest BCUT2D eigenvalue weighted by Crippen LogP contribution is -2.26. The number of nitrogens with zero attached hydrogens (tertiary/aromatic N) is 2. The fraction of sp³-hybridized carbons (Fsp3) is 0.389. The van der Waals surface area contributed by atoms with Gasteiger partial charge in [0.2, 0.25) is 5.95 Å². The SMILES string of the molecule is COCCCNC(=O)c1cc(C)nc(Nc2cccc(C)c2C)n1. The Kier molecular flexibility index (Phi) is 6.26. The molecule has 0 spiro atoms. The zero-order valence-corrected chi connectivity index (χ0v) is 14.6. The lowest BCUT2D eigenvalue weighted by atomic mass is 10.1. The molecule has 1 heterocycles. The average Bonchev–Trinajstić information content (AvgIpc) is 2.55. The van der Waals surface area contributed by atoms with Crippen molar-refractivity contribution in [1.82, 2.24) is 15.3 Å². The summed E-state index contributed by atoms with van der Waals surface area (Å²) in [7, 11) is 1.64. The molecule has 1 aromatic carbocycles. The number of benzene rings is 1. The van der Waals surface area contributed by atoms with Crippen LogP contribution in [0.4, 0.5) is 11.6 Å². The van der Waals surface area contributed by atoms with Crippen LogP contribution in [0.1, 0.15) is 33.7 Å². The van der Waals surface area contributed by atoms with E-state index in [1.807, 2.05) is 26.0 Å². The number of carbonyl (C=O) groups is 1. The normalized spacial score (nSPS) is 10.5. The molecule has 1 aromatic heterocycles. The van der Waals surface area contributed by atoms with Crippen molar-refractivity contribution in [2.45, 2.75) is 27.2 Å². The van der Waals surface area contributed by atoms with Gasteiger partial charge in [0, 0.05) is 31.6 Å². The van der Waals surface area contributed by atoms with Gasteiger partial charge in [-0.05, 0) is 50.5 Å². The maximum atomic E-state index is 12.2. The number of nitrogens with one attached hydrogen (secondary N) is 2. The first kappa shape index (κ1) is 17.9. The maximum absolute atomic E-state index is 12.2. The molecular weight excluding hydrogens is 304 g/mol. The number of amides is 1. The Hall–Kier alpha value is -2.47. The maximum Gasteiger partial charge on any atom is 0.270 e. The van der Waals surface area contributed by atoms with Gasteiger partial charge < -0.3 is 15.4 Å². The van der Waals surface area contributed by atoms with Gasteiger partial charge in [-0.15, -0.1) is 0 Å². The van der Waals surface area contributed by atoms with E-state index in [0.29, 0.717) is 24.8 Å². The molecule has 6 heteroatoms. The van der Waals surface area contributed by atoms with E-state index in [2.05, 4.69) is 33.6 Å². The van der Waals surface area contributed by atoms with E-state index in [4.69, 9.17) is 4.74 Å². The van der Waals surface area contributed by atoms with Gasteiger partial charge >= 0.3 is 0 Å². The minimum Gasteiger partial charge on any atom is -0.385 e. The van der Waals surface area contributed by atoms with E-state index >= 15 is 0 Å². The van der Waals surface area contributed by atoms with Crippen LogP contribution in [0, 0.1) is 20.8 Å². The summed E-state index contributed by atoms with van der Waals surface area (Å²) in [6.07, 6.45) is 0.764. The van der Waals surface area contributed by atoms with E-state index in [9.17, 15) is 4.79 Å². The molecule has 24 heavy (non-hydrogen) atoms. The number of methoxy groups -OCH3 is 1. The third-order valence-electron chi connectivity index (χ3n) is 3.75. The second-order valence-corrected chi connectivity index (χ2v) is 5.69. The fourth-order valence-electron chi connectivity index (χ4n) is 2.26. The van der Waals surface area contributed by atoms with Crippen molar-refractivity contribution in [3.8, 4) is 0 Å². The highest BCUT2D eigenvalue weighted by Gasteiger charge is 2.11. The van der Waals surface area contributed by atoms with Crippen LogP contribution in [0.2, 0.25) is 0 Å². The Labute approximate surface area is 142 Å². The molecule has 2 rings (SSSR count). The summed E-state index contributed by atoms with van der Waals surface area (Å²) in [6, 6.07) is 7.68. The predicted octanol–water partition coefficient (Wildman–Crippen LogP) is 2.91. The van der Waals surface area contributed by atoms with E-state index < -0.39 is 0 Å². The van der Waals surface area contributed by atoms with Crippen molar-refractivity contribution in [3.63, 3.8) is 0 Å². The number of hydrogen-bond acceptors (Lipinski definition) is 5. The van der Waals surface area contributed by atoms with Gasteiger partial charge in [-0.2, -0.15) is 0 Å². The Bertz CT molecular complexity index is 716. The highest BCUT2D eigenvalue weighted by atomic mass is 16.5. The first-order chi connectivity index (χ1) is 11.5. The molecule has 1 amide bonds. The summed E-state index contributed by atoms with van der Waals surface area (Å²) in [5.41, 5.74) is 4.34. The molecule has 2 aromatic rings. The molecule has 6 nitrogen and oxygen atoms in total. The topological polar surface area (TPSA) is 76.1 Å². The summed E-state index contributed by atoms with van der Waals surface area (Å²) in [5, 5.41) is 6.04. The highest BCUT2D eigenvalue weighted by molar-refractivity contribution is 5.92. The van der Waals surface area contributed by atoms with Crippen LogP contribution in [0.3, 0.4) is 0 Å². The van der Waals surface area contributed by atoms with Crippen molar-refractivity contribution in [1.29, 1.82) is 0 Å². The van der Waals surface area contributed by atoms with Crippen molar-refractivity contribution in [2.24, 2.45) is 0 Å². The predicted molar refractivity (Wildman–Crippen MR) is 94.8 cm³/mol. The second-order valence-electron chi connectivity index (χ2n) is 5.69. The summed E-state index contributed by atoms with van der Waals surface area (Å²) in [6.45, 7) is 7.10. The van der Waals surface area contributed by atoms with Crippen LogP contribution in [0.5, 0.6) is 0 Å². The van der Waals surface area contributed by atoms with Crippen molar-refractivity contribution < 1.29 is 9.53 Å². The number of ether oxygens (including phenoxy) is 1. The summed E-state index contributed by atoms with van der Waals surface area (Å²) < 4.78 is 4.97. The molecule has 0 unspecified atom stereocenters. The third-order valence-corrected chi connectivity index (χ3v) is 3.75. The van der Waals surface area contributed by atoms with Gasteiger partial charge in [-0.25, -0.2) is 9.97 Å². The van der Waals surface area contributed by atoms with E-state index in [1.165, 1.54) is 5.56 Å². The van der Waals surface area contributed by atoms with Crippen LogP contribution in [0.25, 0.3) is 0 Å². The second kappa shape index (κ2) is 8.40. The smallest absolute Gasteiger partial charge is 0.270 e. The quantitative estimate of drug-likeness (QED) is 0.764. The molecule has 0 fully saturated rings. The molecule has 0 radical (unpaired) electrons. The first-order valence-electron chi connectivity index (χ1n) is 7.97. The largest absolute Gasteiger partial charge is 0.385 e. The number of hydrogen-bond donors (Lipinski definition) is 2. The Morgan fingerprint density at radius 2 is 2.00 bits per heavy atom. The van der Waals surface area contributed by atoms with Gasteiger partial charge in [0.25, 0.3) is 5.91 Å². The van der Waals surface area contributed by atoms with Crippen molar-refractivity contribution in [2.75, 3.05) is 25.6 Å². The average molecular weight is 328 g/mol. The van der Waals surface area contributed by atoms with E-state index in [0.717, 1.165) is 23.4 Å². The van der Waals surface area contributed by atoms with Crippen LogP contribution in [0.15, 0.2) is 24.3 Å². The zero-order chi connectivity index (χ0) is 17.5. The van der Waals surface area contributed by atoms with Crippen molar-refractivity contribution >= 4 is 17.5 Å². The molecule has 0 aliphatic carbocycles. The third kappa shape index (κ3) is 4.76. The lowest BCUT2D eigenvalue weighted by molar-refractivity contribution is 0.0943. The molecule has 0 bridgehead atoms. The first-order valence-corrected chi connectivity index (χ1v) is 7.97. The Balaban J connectivity index is 2.13. The van der Waals surface area contributed by atoms with Crippen LogP contribution >= 0.6 is 0 Å². The van der Waals surface area contributed by atoms with Gasteiger partial charge in [-0.1, -0.05) is 12.1 Å². The van der Waals surface area contributed by atoms with E-state index in [1.54, 1.807) is 13.2 Å². The number of aryl methyl sites for hydroxylation is 2. The molecule has 0 aliphatic heterocycles. The molecule has 2 N–H and O–H groups in total. The molecule has 0 aliphatic rings. The van der Waals surface area contributed by atoms with Gasteiger partial charge in [0.1, 0.15) is 5.69 Å². The number of anilines is 2. The van der Waals surface area contributed by atoms with Crippen molar-refractivity contribution in [3.05, 3.63) is 46.8 Å². The van der Waals surface area contributed by atoms with Crippen LogP contribution in [-0.4, -0.2) is 36.1 Å². The van der Waals surface area contributed by atoms with Crippen LogP contribution in [-0.2, 0) is 4.74 Å². The molecule has 0 saturated carbocycles. The molecule has 0 saturated heterocycles. The lowest BCUT2D eigenvalue weighted by Gasteiger charge is -2.12. The van der Waals surface area contributed by atoms with Gasteiger partial charge in [-0.3, -0.25) is 4.79 Å². The highest BCUT2D eigenvalue weighted by Crippen LogP contribution is 2.21. The number of aromatic nitrogens is 2. The Morgan fingerprint density at radius 1 is 1.21 bits per heavy atom. The standard InChI is InChI=1S/C18H24N4O2/c1-12-7-5-8-15(14(12)3)21-18-20-13(2)11-16(22-18)17(23)19-9-6-10-24-4/h5,7-8,11H,6,9-10H2,1-4H3,(H,19,23)(H,20,21,22). The molecule has 0 atom stereocenters. The number of carbonyl (C=O) groups excluding carboxylic acids is 1. The minimum atomic E-state index is -0.208.